The molecule has 2 amide bonds. The van der Waals surface area contributed by atoms with Crippen molar-refractivity contribution >= 4 is 21.8 Å². The van der Waals surface area contributed by atoms with E-state index in [1.165, 1.54) is 12.1 Å². The minimum absolute atomic E-state index is 0.279. The molecule has 16 heavy (non-hydrogen) atoms. The van der Waals surface area contributed by atoms with Crippen LogP contribution in [0.1, 0.15) is 20.7 Å². The molecule has 0 atom stereocenters. The van der Waals surface area contributed by atoms with Crippen LogP contribution in [-0.4, -0.2) is 20.2 Å². The second-order valence-corrected chi connectivity index (χ2v) is 4.48. The average molecular weight is 243 g/mol. The molecule has 1 rings (SSSR count). The SMILES string of the molecule is NC(=O)c1cccc(S(N)(=O)=O)c1C(N)=O. The number of benzene rings is 1. The normalized spacial score (nSPS) is 11.1. The largest absolute Gasteiger partial charge is 0.366 e. The Balaban J connectivity index is 3.72. The lowest BCUT2D eigenvalue weighted by Crippen LogP contribution is -2.25. The van der Waals surface area contributed by atoms with Gasteiger partial charge < -0.3 is 11.5 Å². The molecule has 0 saturated heterocycles. The Kier molecular flexibility index (Phi) is 2.97. The summed E-state index contributed by atoms with van der Waals surface area (Å²) in [6, 6.07) is 3.51. The fourth-order valence-corrected chi connectivity index (χ4v) is 1.99. The van der Waals surface area contributed by atoms with Crippen LogP contribution >= 0.6 is 0 Å². The van der Waals surface area contributed by atoms with Crippen molar-refractivity contribution in [2.45, 2.75) is 4.90 Å². The summed E-state index contributed by atoms with van der Waals surface area (Å²) < 4.78 is 22.3. The van der Waals surface area contributed by atoms with Gasteiger partial charge in [-0.15, -0.1) is 0 Å². The number of hydrogen-bond donors (Lipinski definition) is 3. The van der Waals surface area contributed by atoms with Gasteiger partial charge in [0.05, 0.1) is 16.0 Å². The van der Waals surface area contributed by atoms with Crippen LogP contribution in [0.5, 0.6) is 0 Å². The molecule has 0 radical (unpaired) electrons. The van der Waals surface area contributed by atoms with Crippen LogP contribution in [-0.2, 0) is 10.0 Å². The van der Waals surface area contributed by atoms with E-state index in [4.69, 9.17) is 16.6 Å². The smallest absolute Gasteiger partial charge is 0.250 e. The number of rotatable bonds is 3. The van der Waals surface area contributed by atoms with Crippen molar-refractivity contribution < 1.29 is 18.0 Å². The van der Waals surface area contributed by atoms with Gasteiger partial charge in [0.15, 0.2) is 0 Å². The van der Waals surface area contributed by atoms with Gasteiger partial charge in [-0.25, -0.2) is 13.6 Å². The first-order valence-corrected chi connectivity index (χ1v) is 5.55. The molecule has 6 N–H and O–H groups in total. The zero-order chi connectivity index (χ0) is 12.5. The Bertz CT molecular complexity index is 565. The summed E-state index contributed by atoms with van der Waals surface area (Å²) in [6.07, 6.45) is 0. The van der Waals surface area contributed by atoms with Gasteiger partial charge in [0.2, 0.25) is 15.9 Å². The topological polar surface area (TPSA) is 146 Å². The summed E-state index contributed by atoms with van der Waals surface area (Å²) in [7, 11) is -4.14. The first-order valence-electron chi connectivity index (χ1n) is 4.00. The van der Waals surface area contributed by atoms with Gasteiger partial charge in [0, 0.05) is 0 Å². The minimum Gasteiger partial charge on any atom is -0.366 e. The van der Waals surface area contributed by atoms with Crippen LogP contribution in [0.3, 0.4) is 0 Å². The van der Waals surface area contributed by atoms with Gasteiger partial charge in [-0.05, 0) is 12.1 Å². The monoisotopic (exact) mass is 243 g/mol. The first kappa shape index (κ1) is 12.1. The van der Waals surface area contributed by atoms with E-state index in [-0.39, 0.29) is 5.56 Å². The maximum Gasteiger partial charge on any atom is 0.250 e. The molecule has 0 unspecified atom stereocenters. The molecule has 1 aromatic carbocycles. The van der Waals surface area contributed by atoms with E-state index in [9.17, 15) is 18.0 Å². The third-order valence-electron chi connectivity index (χ3n) is 1.84. The van der Waals surface area contributed by atoms with Crippen LogP contribution in [0.4, 0.5) is 0 Å². The number of nitrogens with two attached hydrogens (primary N) is 3. The molecular weight excluding hydrogens is 234 g/mol. The number of hydrogen-bond acceptors (Lipinski definition) is 4. The van der Waals surface area contributed by atoms with Crippen molar-refractivity contribution in [1.29, 1.82) is 0 Å². The Labute approximate surface area is 91.3 Å². The average Bonchev–Trinajstić information content (AvgIpc) is 2.14. The van der Waals surface area contributed by atoms with E-state index in [1.54, 1.807) is 0 Å². The Morgan fingerprint density at radius 1 is 1.06 bits per heavy atom. The second-order valence-electron chi connectivity index (χ2n) is 2.95. The van der Waals surface area contributed by atoms with Gasteiger partial charge >= 0.3 is 0 Å². The maximum atomic E-state index is 11.2. The Morgan fingerprint density at radius 2 is 1.62 bits per heavy atom. The lowest BCUT2D eigenvalue weighted by Gasteiger charge is -2.07. The van der Waals surface area contributed by atoms with E-state index >= 15 is 0 Å². The van der Waals surface area contributed by atoms with E-state index in [0.29, 0.717) is 0 Å². The van der Waals surface area contributed by atoms with Crippen molar-refractivity contribution in [1.82, 2.24) is 0 Å². The molecule has 86 valence electrons. The molecule has 0 bridgehead atoms. The minimum atomic E-state index is -4.14. The van der Waals surface area contributed by atoms with Crippen molar-refractivity contribution in [2.75, 3.05) is 0 Å². The van der Waals surface area contributed by atoms with Gasteiger partial charge in [-0.1, -0.05) is 6.07 Å². The number of amides is 2. The lowest BCUT2D eigenvalue weighted by molar-refractivity contribution is 0.0965. The van der Waals surface area contributed by atoms with Gasteiger partial charge in [-0.3, -0.25) is 9.59 Å². The van der Waals surface area contributed by atoms with E-state index in [0.717, 1.165) is 6.07 Å². The maximum absolute atomic E-state index is 11.2. The van der Waals surface area contributed by atoms with Crippen molar-refractivity contribution in [3.05, 3.63) is 29.3 Å². The summed E-state index contributed by atoms with van der Waals surface area (Å²) in [5.74, 6) is -2.04. The predicted octanol–water partition coefficient (Wildman–Crippen LogP) is -1.47. The number of primary amides is 2. The van der Waals surface area contributed by atoms with Gasteiger partial charge in [-0.2, -0.15) is 0 Å². The van der Waals surface area contributed by atoms with Crippen LogP contribution < -0.4 is 16.6 Å². The first-order chi connectivity index (χ1) is 7.25. The summed E-state index contributed by atoms with van der Waals surface area (Å²) in [6.45, 7) is 0. The summed E-state index contributed by atoms with van der Waals surface area (Å²) in [4.78, 5) is 21.6. The molecule has 0 aliphatic heterocycles. The molecule has 1 aromatic rings. The van der Waals surface area contributed by atoms with E-state index in [2.05, 4.69) is 0 Å². The molecule has 0 heterocycles. The highest BCUT2D eigenvalue weighted by Gasteiger charge is 2.22. The van der Waals surface area contributed by atoms with Crippen LogP contribution in [0.2, 0.25) is 0 Å². The van der Waals surface area contributed by atoms with Gasteiger partial charge in [0.1, 0.15) is 0 Å². The number of sulfonamides is 1. The number of carbonyl (C=O) groups is 2. The molecule has 0 aliphatic carbocycles. The Hall–Kier alpha value is -1.93. The third kappa shape index (κ3) is 2.18. The van der Waals surface area contributed by atoms with E-state index < -0.39 is 32.3 Å². The third-order valence-corrected chi connectivity index (χ3v) is 2.80. The quantitative estimate of drug-likeness (QED) is 0.594. The zero-order valence-electron chi connectivity index (χ0n) is 8.01. The molecule has 0 spiro atoms. The molecule has 0 aliphatic rings. The van der Waals surface area contributed by atoms with Crippen molar-refractivity contribution in [2.24, 2.45) is 16.6 Å². The highest BCUT2D eigenvalue weighted by molar-refractivity contribution is 7.89. The summed E-state index contributed by atoms with van der Waals surface area (Å²) >= 11 is 0. The van der Waals surface area contributed by atoms with Crippen LogP contribution in [0.25, 0.3) is 0 Å². The molecular formula is C8H9N3O4S. The summed E-state index contributed by atoms with van der Waals surface area (Å²) in [5.41, 5.74) is 9.20. The summed E-state index contributed by atoms with van der Waals surface area (Å²) in [5, 5.41) is 4.88. The standard InChI is InChI=1S/C8H9N3O4S/c9-7(12)4-2-1-3-5(16(11,14)15)6(4)8(10)13/h1-3H,(H2,9,12)(H2,10,13)(H2,11,14,15). The van der Waals surface area contributed by atoms with Crippen molar-refractivity contribution in [3.8, 4) is 0 Å². The zero-order valence-corrected chi connectivity index (χ0v) is 8.82. The Morgan fingerprint density at radius 3 is 2.00 bits per heavy atom. The fourth-order valence-electron chi connectivity index (χ4n) is 1.23. The lowest BCUT2D eigenvalue weighted by atomic mass is 10.1. The predicted molar refractivity (Wildman–Crippen MR) is 54.9 cm³/mol. The molecule has 0 saturated carbocycles. The molecule has 0 fully saturated rings. The molecule has 0 aromatic heterocycles. The molecule has 8 heteroatoms. The van der Waals surface area contributed by atoms with Crippen molar-refractivity contribution in [3.63, 3.8) is 0 Å². The number of carbonyl (C=O) groups excluding carboxylic acids is 2. The van der Waals surface area contributed by atoms with Gasteiger partial charge in [0.25, 0.3) is 5.91 Å². The van der Waals surface area contributed by atoms with E-state index in [1.807, 2.05) is 0 Å². The van der Waals surface area contributed by atoms with Crippen LogP contribution in [0, 0.1) is 0 Å². The fraction of sp³-hybridized carbons (Fsp3) is 0. The number of primary sulfonamides is 1. The highest BCUT2D eigenvalue weighted by Crippen LogP contribution is 2.17. The highest BCUT2D eigenvalue weighted by atomic mass is 32.2. The molecule has 7 nitrogen and oxygen atoms in total. The second kappa shape index (κ2) is 3.91. The van der Waals surface area contributed by atoms with Crippen LogP contribution in [0.15, 0.2) is 23.1 Å².